The number of rotatable bonds is 4. The number of halogens is 1. The Balaban J connectivity index is 1.63. The molecule has 0 atom stereocenters. The lowest BCUT2D eigenvalue weighted by Gasteiger charge is -2.11. The van der Waals surface area contributed by atoms with Gasteiger partial charge in [0.1, 0.15) is 0 Å². The summed E-state index contributed by atoms with van der Waals surface area (Å²) in [6, 6.07) is 2.11. The van der Waals surface area contributed by atoms with E-state index in [0.717, 1.165) is 37.1 Å². The van der Waals surface area contributed by atoms with Crippen molar-refractivity contribution < 1.29 is 4.79 Å². The van der Waals surface area contributed by atoms with E-state index in [1.807, 2.05) is 0 Å². The quantitative estimate of drug-likeness (QED) is 0.665. The van der Waals surface area contributed by atoms with Gasteiger partial charge in [-0.3, -0.25) is 4.79 Å². The summed E-state index contributed by atoms with van der Waals surface area (Å²) in [5.74, 6) is 0.753. The van der Waals surface area contributed by atoms with Crippen molar-refractivity contribution in [1.29, 1.82) is 0 Å². The minimum absolute atomic E-state index is 0.0921. The maximum Gasteiger partial charge on any atom is 0.261 e. The van der Waals surface area contributed by atoms with Crippen molar-refractivity contribution in [3.05, 3.63) is 21.4 Å². The van der Waals surface area contributed by atoms with Crippen molar-refractivity contribution in [2.75, 3.05) is 12.4 Å². The highest BCUT2D eigenvalue weighted by Gasteiger charge is 2.41. The molecule has 19 heavy (non-hydrogen) atoms. The van der Waals surface area contributed by atoms with E-state index in [1.165, 1.54) is 29.7 Å². The van der Waals surface area contributed by atoms with Crippen molar-refractivity contribution in [1.82, 2.24) is 5.32 Å². The molecule has 3 rings (SSSR count). The van der Waals surface area contributed by atoms with Gasteiger partial charge in [-0.15, -0.1) is 22.9 Å². The van der Waals surface area contributed by atoms with Gasteiger partial charge < -0.3 is 5.32 Å². The predicted molar refractivity (Wildman–Crippen MR) is 80.3 cm³/mol. The van der Waals surface area contributed by atoms with Crippen LogP contribution in [0.15, 0.2) is 6.07 Å². The van der Waals surface area contributed by atoms with Crippen LogP contribution in [0.2, 0.25) is 0 Å². The van der Waals surface area contributed by atoms with Crippen LogP contribution in [0.25, 0.3) is 0 Å². The highest BCUT2D eigenvalue weighted by Crippen LogP contribution is 2.45. The molecule has 1 amide bonds. The maximum atomic E-state index is 12.2. The minimum Gasteiger partial charge on any atom is -0.351 e. The number of carbonyl (C=O) groups is 1. The third-order valence-electron chi connectivity index (χ3n) is 4.33. The van der Waals surface area contributed by atoms with Crippen LogP contribution in [0.1, 0.15) is 52.2 Å². The molecule has 1 saturated carbocycles. The fourth-order valence-electron chi connectivity index (χ4n) is 2.67. The zero-order valence-corrected chi connectivity index (χ0v) is 12.7. The highest BCUT2D eigenvalue weighted by atomic mass is 35.5. The molecular formula is C15H20ClNOS. The molecule has 1 N–H and O–H groups in total. The van der Waals surface area contributed by atoms with E-state index < -0.39 is 0 Å². The maximum absolute atomic E-state index is 12.2. The Morgan fingerprint density at radius 1 is 1.32 bits per heavy atom. The average molecular weight is 298 g/mol. The third kappa shape index (κ3) is 2.97. The number of hydrogen-bond donors (Lipinski definition) is 1. The fourth-order valence-corrected chi connectivity index (χ4v) is 4.20. The molecule has 104 valence electrons. The van der Waals surface area contributed by atoms with Gasteiger partial charge in [0.05, 0.1) is 4.88 Å². The van der Waals surface area contributed by atoms with E-state index in [2.05, 4.69) is 11.4 Å². The number of alkyl halides is 1. The second-order valence-electron chi connectivity index (χ2n) is 5.94. The SMILES string of the molecule is O=C(NCC1(CCl)CC1)c1cc2c(s1)CCCCC2. The predicted octanol–water partition coefficient (Wildman–Crippen LogP) is 3.77. The highest BCUT2D eigenvalue weighted by molar-refractivity contribution is 7.14. The number of carbonyl (C=O) groups excluding carboxylic acids is 1. The molecule has 0 unspecified atom stereocenters. The van der Waals surface area contributed by atoms with Crippen LogP contribution < -0.4 is 5.32 Å². The summed E-state index contributed by atoms with van der Waals surface area (Å²) in [4.78, 5) is 14.5. The lowest BCUT2D eigenvalue weighted by molar-refractivity contribution is 0.0950. The first-order valence-corrected chi connectivity index (χ1v) is 8.53. The molecule has 1 aromatic rings. The number of nitrogens with one attached hydrogen (secondary N) is 1. The molecule has 1 heterocycles. The van der Waals surface area contributed by atoms with Gasteiger partial charge in [0, 0.05) is 22.7 Å². The summed E-state index contributed by atoms with van der Waals surface area (Å²) < 4.78 is 0. The monoisotopic (exact) mass is 297 g/mol. The molecule has 0 radical (unpaired) electrons. The first-order chi connectivity index (χ1) is 9.22. The summed E-state index contributed by atoms with van der Waals surface area (Å²) in [6.45, 7) is 0.734. The minimum atomic E-state index is 0.0921. The van der Waals surface area contributed by atoms with Crippen LogP contribution in [-0.4, -0.2) is 18.3 Å². The first kappa shape index (κ1) is 13.4. The second-order valence-corrected chi connectivity index (χ2v) is 7.34. The third-order valence-corrected chi connectivity index (χ3v) is 6.14. The zero-order valence-electron chi connectivity index (χ0n) is 11.1. The van der Waals surface area contributed by atoms with E-state index in [-0.39, 0.29) is 11.3 Å². The fraction of sp³-hybridized carbons (Fsp3) is 0.667. The van der Waals surface area contributed by atoms with Crippen LogP contribution in [0.3, 0.4) is 0 Å². The van der Waals surface area contributed by atoms with Gasteiger partial charge in [-0.2, -0.15) is 0 Å². The Hall–Kier alpha value is -0.540. The van der Waals surface area contributed by atoms with E-state index >= 15 is 0 Å². The summed E-state index contributed by atoms with van der Waals surface area (Å²) in [5.41, 5.74) is 1.61. The van der Waals surface area contributed by atoms with Gasteiger partial charge in [-0.25, -0.2) is 0 Å². The van der Waals surface area contributed by atoms with Gasteiger partial charge >= 0.3 is 0 Å². The molecule has 0 aromatic carbocycles. The van der Waals surface area contributed by atoms with Crippen molar-refractivity contribution in [2.24, 2.45) is 5.41 Å². The van der Waals surface area contributed by atoms with Crippen molar-refractivity contribution in [3.8, 4) is 0 Å². The Morgan fingerprint density at radius 2 is 2.11 bits per heavy atom. The molecule has 0 saturated heterocycles. The van der Waals surface area contributed by atoms with Gasteiger partial charge in [-0.1, -0.05) is 6.42 Å². The first-order valence-electron chi connectivity index (χ1n) is 7.18. The van der Waals surface area contributed by atoms with Crippen LogP contribution in [0, 0.1) is 5.41 Å². The lowest BCUT2D eigenvalue weighted by Crippen LogP contribution is -2.30. The van der Waals surface area contributed by atoms with Gasteiger partial charge in [0.2, 0.25) is 0 Å². The number of thiophene rings is 1. The Labute approximate surface area is 123 Å². The Bertz CT molecular complexity index is 455. The Morgan fingerprint density at radius 3 is 2.84 bits per heavy atom. The molecule has 4 heteroatoms. The normalized spacial score (nSPS) is 20.5. The van der Waals surface area contributed by atoms with Gasteiger partial charge in [0.25, 0.3) is 5.91 Å². The smallest absolute Gasteiger partial charge is 0.261 e. The number of hydrogen-bond acceptors (Lipinski definition) is 2. The van der Waals surface area contributed by atoms with E-state index in [0.29, 0.717) is 5.88 Å². The van der Waals surface area contributed by atoms with Crippen LogP contribution >= 0.6 is 22.9 Å². The average Bonchev–Trinajstić information content (AvgIpc) is 3.16. The summed E-state index contributed by atoms with van der Waals surface area (Å²) in [6.07, 6.45) is 8.45. The van der Waals surface area contributed by atoms with Crippen molar-refractivity contribution >= 4 is 28.8 Å². The molecule has 2 nitrogen and oxygen atoms in total. The van der Waals surface area contributed by atoms with Crippen molar-refractivity contribution in [2.45, 2.75) is 44.9 Å². The van der Waals surface area contributed by atoms with E-state index in [9.17, 15) is 4.79 Å². The van der Waals surface area contributed by atoms with E-state index in [4.69, 9.17) is 11.6 Å². The van der Waals surface area contributed by atoms with Crippen LogP contribution in [0.4, 0.5) is 0 Å². The molecule has 2 aliphatic rings. The summed E-state index contributed by atoms with van der Waals surface area (Å²) in [7, 11) is 0. The molecule has 1 fully saturated rings. The molecule has 0 aliphatic heterocycles. The van der Waals surface area contributed by atoms with Crippen LogP contribution in [0.5, 0.6) is 0 Å². The molecule has 0 bridgehead atoms. The number of amides is 1. The standard InChI is InChI=1S/C15H20ClNOS/c16-9-15(6-7-15)10-17-14(18)13-8-11-4-2-1-3-5-12(11)19-13/h8H,1-7,9-10H2,(H,17,18). The number of fused-ring (bicyclic) bond motifs is 1. The van der Waals surface area contributed by atoms with Crippen LogP contribution in [-0.2, 0) is 12.8 Å². The largest absolute Gasteiger partial charge is 0.351 e. The van der Waals surface area contributed by atoms with E-state index in [1.54, 1.807) is 11.3 Å². The molecule has 1 aromatic heterocycles. The lowest BCUT2D eigenvalue weighted by atomic mass is 10.1. The van der Waals surface area contributed by atoms with Gasteiger partial charge in [0.15, 0.2) is 0 Å². The summed E-state index contributed by atoms with van der Waals surface area (Å²) >= 11 is 7.63. The number of aryl methyl sites for hydroxylation is 2. The zero-order chi connectivity index (χ0) is 13.3. The Kier molecular flexibility index (Phi) is 3.86. The van der Waals surface area contributed by atoms with Crippen molar-refractivity contribution in [3.63, 3.8) is 0 Å². The molecular weight excluding hydrogens is 278 g/mol. The second kappa shape index (κ2) is 5.45. The topological polar surface area (TPSA) is 29.1 Å². The summed E-state index contributed by atoms with van der Waals surface area (Å²) in [5, 5.41) is 3.06. The molecule has 2 aliphatic carbocycles. The van der Waals surface area contributed by atoms with Gasteiger partial charge in [-0.05, 0) is 50.2 Å². The molecule has 0 spiro atoms.